The highest BCUT2D eigenvalue weighted by atomic mass is 79.9. The van der Waals surface area contributed by atoms with E-state index in [0.717, 1.165) is 54.5 Å². The molecule has 0 radical (unpaired) electrons. The molecule has 0 bridgehead atoms. The van der Waals surface area contributed by atoms with E-state index in [0.29, 0.717) is 13.2 Å². The van der Waals surface area contributed by atoms with Crippen LogP contribution in [-0.2, 0) is 32.2 Å². The molecule has 2 saturated heterocycles. The Morgan fingerprint density at radius 3 is 1.51 bits per heavy atom. The lowest BCUT2D eigenvalue weighted by Crippen LogP contribution is -2.21. The van der Waals surface area contributed by atoms with E-state index in [-0.39, 0.29) is 12.6 Å². The molecule has 7 rings (SSSR count). The fraction of sp³-hybridized carbons (Fsp3) is 0.286. The molecule has 47 heavy (non-hydrogen) atoms. The first kappa shape index (κ1) is 32.0. The molecule has 0 N–H and O–H groups in total. The Balaban J connectivity index is 0.955. The molecule has 5 aromatic carbocycles. The van der Waals surface area contributed by atoms with Gasteiger partial charge in [0.1, 0.15) is 0 Å². The molecule has 2 fully saturated rings. The standard InChI is InChI=1S/C42H41BrO4/c43-40-27-32(8-7-30-11-17-38-25-33(13-19-36(38)23-30)28-46-41-5-1-3-21-44-41)10-16-35(40)15-9-31-12-18-39-26-34(14-20-37(39)24-31)29-47-42-6-2-4-22-45-42/h7-20,23-27,41-42H,1-6,21-22,28-29H2. The zero-order chi connectivity index (χ0) is 31.8. The van der Waals surface area contributed by atoms with E-state index in [1.165, 1.54) is 56.6 Å². The molecule has 5 heteroatoms. The summed E-state index contributed by atoms with van der Waals surface area (Å²) in [6.07, 6.45) is 15.1. The van der Waals surface area contributed by atoms with E-state index in [1.54, 1.807) is 0 Å². The minimum Gasteiger partial charge on any atom is -0.353 e. The van der Waals surface area contributed by atoms with E-state index >= 15 is 0 Å². The molecule has 240 valence electrons. The molecule has 0 spiro atoms. The second kappa shape index (κ2) is 15.5. The van der Waals surface area contributed by atoms with E-state index in [2.05, 4.69) is 131 Å². The highest BCUT2D eigenvalue weighted by molar-refractivity contribution is 9.10. The predicted molar refractivity (Wildman–Crippen MR) is 197 cm³/mol. The maximum atomic E-state index is 5.98. The van der Waals surface area contributed by atoms with Gasteiger partial charge in [-0.2, -0.15) is 0 Å². The van der Waals surface area contributed by atoms with Crippen molar-refractivity contribution < 1.29 is 18.9 Å². The van der Waals surface area contributed by atoms with Crippen LogP contribution in [0.25, 0.3) is 45.8 Å². The molecule has 2 aliphatic heterocycles. The van der Waals surface area contributed by atoms with Crippen LogP contribution >= 0.6 is 15.9 Å². The molecule has 0 aliphatic carbocycles. The van der Waals surface area contributed by atoms with Crippen LogP contribution in [0.2, 0.25) is 0 Å². The largest absolute Gasteiger partial charge is 0.353 e. The number of hydrogen-bond acceptors (Lipinski definition) is 4. The second-order valence-electron chi connectivity index (χ2n) is 12.5. The first-order valence-electron chi connectivity index (χ1n) is 16.8. The number of halogens is 1. The summed E-state index contributed by atoms with van der Waals surface area (Å²) in [4.78, 5) is 0. The van der Waals surface area contributed by atoms with Crippen LogP contribution in [0, 0.1) is 0 Å². The van der Waals surface area contributed by atoms with Gasteiger partial charge in [-0.25, -0.2) is 0 Å². The second-order valence-corrected chi connectivity index (χ2v) is 13.4. The smallest absolute Gasteiger partial charge is 0.158 e. The third-order valence-electron chi connectivity index (χ3n) is 8.95. The summed E-state index contributed by atoms with van der Waals surface area (Å²) in [6, 6.07) is 32.8. The Labute approximate surface area is 286 Å². The summed E-state index contributed by atoms with van der Waals surface area (Å²) < 4.78 is 24.4. The van der Waals surface area contributed by atoms with Gasteiger partial charge in [-0.15, -0.1) is 0 Å². The van der Waals surface area contributed by atoms with Crippen molar-refractivity contribution in [1.29, 1.82) is 0 Å². The van der Waals surface area contributed by atoms with E-state index in [1.807, 2.05) is 0 Å². The highest BCUT2D eigenvalue weighted by Gasteiger charge is 2.15. The fourth-order valence-electron chi connectivity index (χ4n) is 6.24. The molecule has 4 nitrogen and oxygen atoms in total. The van der Waals surface area contributed by atoms with Crippen LogP contribution in [-0.4, -0.2) is 25.8 Å². The summed E-state index contributed by atoms with van der Waals surface area (Å²) in [5, 5.41) is 4.88. The Kier molecular flexibility index (Phi) is 10.6. The van der Waals surface area contributed by atoms with Gasteiger partial charge in [0.2, 0.25) is 0 Å². The summed E-state index contributed by atoms with van der Waals surface area (Å²) in [5.74, 6) is 0. The Morgan fingerprint density at radius 1 is 0.532 bits per heavy atom. The van der Waals surface area contributed by atoms with Gasteiger partial charge in [-0.3, -0.25) is 0 Å². The molecular formula is C42H41BrO4. The summed E-state index contributed by atoms with van der Waals surface area (Å²) in [5.41, 5.74) is 6.98. The van der Waals surface area contributed by atoms with Crippen molar-refractivity contribution in [1.82, 2.24) is 0 Å². The molecule has 2 aliphatic rings. The van der Waals surface area contributed by atoms with Gasteiger partial charge in [-0.1, -0.05) is 101 Å². The number of rotatable bonds is 10. The highest BCUT2D eigenvalue weighted by Crippen LogP contribution is 2.26. The number of benzene rings is 5. The Hall–Kier alpha value is -3.58. The molecule has 0 amide bonds. The summed E-state index contributed by atoms with van der Waals surface area (Å²) in [7, 11) is 0. The van der Waals surface area contributed by atoms with Crippen molar-refractivity contribution in [2.75, 3.05) is 13.2 Å². The van der Waals surface area contributed by atoms with Gasteiger partial charge in [0.15, 0.2) is 12.6 Å². The first-order chi connectivity index (χ1) is 23.1. The third kappa shape index (κ3) is 8.67. The quantitative estimate of drug-likeness (QED) is 0.137. The monoisotopic (exact) mass is 688 g/mol. The lowest BCUT2D eigenvalue weighted by Gasteiger charge is -2.22. The minimum atomic E-state index is -0.0662. The van der Waals surface area contributed by atoms with Gasteiger partial charge in [0.25, 0.3) is 0 Å². The van der Waals surface area contributed by atoms with Crippen LogP contribution in [0.3, 0.4) is 0 Å². The van der Waals surface area contributed by atoms with Crippen LogP contribution < -0.4 is 0 Å². The molecule has 5 aromatic rings. The van der Waals surface area contributed by atoms with Crippen LogP contribution in [0.4, 0.5) is 0 Å². The van der Waals surface area contributed by atoms with Crippen molar-refractivity contribution in [3.05, 3.63) is 129 Å². The van der Waals surface area contributed by atoms with Gasteiger partial charge in [0.05, 0.1) is 13.2 Å². The van der Waals surface area contributed by atoms with E-state index < -0.39 is 0 Å². The van der Waals surface area contributed by atoms with Gasteiger partial charge in [-0.05, 0) is 124 Å². The molecule has 2 unspecified atom stereocenters. The van der Waals surface area contributed by atoms with Crippen molar-refractivity contribution in [2.24, 2.45) is 0 Å². The lowest BCUT2D eigenvalue weighted by molar-refractivity contribution is -0.169. The first-order valence-corrected chi connectivity index (χ1v) is 17.6. The number of ether oxygens (including phenoxy) is 4. The zero-order valence-electron chi connectivity index (χ0n) is 26.7. The predicted octanol–water partition coefficient (Wildman–Crippen LogP) is 11.2. The SMILES string of the molecule is Brc1cc(C=Cc2ccc3cc(COC4CCCCO4)ccc3c2)ccc1C=Cc1ccc2cc(COC3CCCCO3)ccc2c1. The topological polar surface area (TPSA) is 36.9 Å². The van der Waals surface area contributed by atoms with Crippen LogP contribution in [0.1, 0.15) is 71.9 Å². The molecule has 2 atom stereocenters. The van der Waals surface area contributed by atoms with Gasteiger partial charge in [0, 0.05) is 17.7 Å². The maximum absolute atomic E-state index is 5.98. The number of fused-ring (bicyclic) bond motifs is 2. The van der Waals surface area contributed by atoms with Crippen LogP contribution in [0.15, 0.2) is 95.5 Å². The van der Waals surface area contributed by atoms with E-state index in [9.17, 15) is 0 Å². The molecular weight excluding hydrogens is 648 g/mol. The summed E-state index contributed by atoms with van der Waals surface area (Å²) in [6.45, 7) is 2.77. The van der Waals surface area contributed by atoms with Crippen molar-refractivity contribution in [2.45, 2.75) is 64.3 Å². The Morgan fingerprint density at radius 2 is 1.00 bits per heavy atom. The van der Waals surface area contributed by atoms with Crippen LogP contribution in [0.5, 0.6) is 0 Å². The van der Waals surface area contributed by atoms with Gasteiger partial charge < -0.3 is 18.9 Å². The fourth-order valence-corrected chi connectivity index (χ4v) is 6.77. The zero-order valence-corrected chi connectivity index (χ0v) is 28.3. The van der Waals surface area contributed by atoms with Crippen molar-refractivity contribution in [3.8, 4) is 0 Å². The maximum Gasteiger partial charge on any atom is 0.158 e. The van der Waals surface area contributed by atoms with E-state index in [4.69, 9.17) is 18.9 Å². The van der Waals surface area contributed by atoms with Gasteiger partial charge >= 0.3 is 0 Å². The summed E-state index contributed by atoms with van der Waals surface area (Å²) >= 11 is 3.79. The minimum absolute atomic E-state index is 0.0656. The lowest BCUT2D eigenvalue weighted by atomic mass is 10.0. The van der Waals surface area contributed by atoms with Crippen molar-refractivity contribution in [3.63, 3.8) is 0 Å². The number of hydrogen-bond donors (Lipinski definition) is 0. The molecule has 0 aromatic heterocycles. The third-order valence-corrected chi connectivity index (χ3v) is 9.64. The average Bonchev–Trinajstić information content (AvgIpc) is 3.12. The molecule has 0 saturated carbocycles. The Bertz CT molecular complexity index is 1880. The molecule has 2 heterocycles. The average molecular weight is 690 g/mol. The normalized spacial score (nSPS) is 18.9. The van der Waals surface area contributed by atoms with Crippen molar-refractivity contribution >= 4 is 61.8 Å².